The molecule has 0 aromatic heterocycles. The molecule has 4 N–H and O–H groups in total. The number of nitrogens with one attached hydrogen (secondary N) is 3. The highest BCUT2D eigenvalue weighted by Gasteiger charge is 2.34. The summed E-state index contributed by atoms with van der Waals surface area (Å²) in [4.78, 5) is 43.0. The standard InChI is InChI=1S/C35H39N5O6/c1-22-19-40(23(2)21-41)33(42)29-18-26(37-34(43)36-25-12-15-27(45-4)16-13-25)14-17-31(29)46-32(22)20-39(3)35(44)38-30-11-7-9-24-8-5-6-10-28(24)30/h5-18,22-23,32,41H,19-21H2,1-4H3,(H,38,44)(H2,36,37,43)/t22-,23-,32+/m1/s1. The van der Waals surface area contributed by atoms with Crippen LogP contribution in [-0.2, 0) is 0 Å². The summed E-state index contributed by atoms with van der Waals surface area (Å²) in [7, 11) is 3.26. The Morgan fingerprint density at radius 3 is 2.43 bits per heavy atom. The molecule has 1 heterocycles. The molecule has 0 saturated heterocycles. The van der Waals surface area contributed by atoms with Gasteiger partial charge in [0.25, 0.3) is 5.91 Å². The third-order valence-corrected chi connectivity index (χ3v) is 8.10. The van der Waals surface area contributed by atoms with Crippen LogP contribution in [0.25, 0.3) is 10.8 Å². The Morgan fingerprint density at radius 1 is 1.00 bits per heavy atom. The van der Waals surface area contributed by atoms with E-state index in [1.54, 1.807) is 73.3 Å². The second kappa shape index (κ2) is 14.2. The van der Waals surface area contributed by atoms with E-state index in [1.165, 1.54) is 0 Å². The highest BCUT2D eigenvalue weighted by Crippen LogP contribution is 2.31. The molecule has 1 aliphatic heterocycles. The molecule has 0 unspecified atom stereocenters. The Hall–Kier alpha value is -5.29. The molecule has 240 valence electrons. The summed E-state index contributed by atoms with van der Waals surface area (Å²) in [5.41, 5.74) is 1.89. The number of fused-ring (bicyclic) bond motifs is 2. The van der Waals surface area contributed by atoms with Crippen molar-refractivity contribution in [3.05, 3.63) is 90.5 Å². The first-order valence-electron chi connectivity index (χ1n) is 15.1. The predicted molar refractivity (Wildman–Crippen MR) is 179 cm³/mol. The molecule has 0 aliphatic carbocycles. The minimum atomic E-state index is -0.491. The van der Waals surface area contributed by atoms with Gasteiger partial charge in [0.15, 0.2) is 0 Å². The van der Waals surface area contributed by atoms with Crippen molar-refractivity contribution >= 4 is 45.8 Å². The number of methoxy groups -OCH3 is 1. The second-order valence-electron chi connectivity index (χ2n) is 11.5. The number of aliphatic hydroxyl groups excluding tert-OH is 1. The summed E-state index contributed by atoms with van der Waals surface area (Å²) in [5, 5.41) is 20.5. The van der Waals surface area contributed by atoms with E-state index >= 15 is 0 Å². The van der Waals surface area contributed by atoms with Crippen LogP contribution in [0.5, 0.6) is 11.5 Å². The van der Waals surface area contributed by atoms with Crippen LogP contribution in [-0.4, -0.2) is 78.9 Å². The van der Waals surface area contributed by atoms with Gasteiger partial charge in [-0.15, -0.1) is 0 Å². The van der Waals surface area contributed by atoms with Crippen molar-refractivity contribution in [2.45, 2.75) is 26.0 Å². The molecule has 4 aromatic carbocycles. The number of hydrogen-bond acceptors (Lipinski definition) is 6. The van der Waals surface area contributed by atoms with Gasteiger partial charge in [-0.1, -0.05) is 43.3 Å². The van der Waals surface area contributed by atoms with Crippen LogP contribution < -0.4 is 25.4 Å². The van der Waals surface area contributed by atoms with Gasteiger partial charge in [-0.05, 0) is 60.8 Å². The van der Waals surface area contributed by atoms with Crippen molar-refractivity contribution in [3.63, 3.8) is 0 Å². The first kappa shape index (κ1) is 32.1. The molecule has 11 nitrogen and oxygen atoms in total. The Labute approximate surface area is 268 Å². The van der Waals surface area contributed by atoms with Gasteiger partial charge in [0.2, 0.25) is 0 Å². The molecule has 0 saturated carbocycles. The fraction of sp³-hybridized carbons (Fsp3) is 0.286. The molecular formula is C35H39N5O6. The maximum atomic E-state index is 13.8. The van der Waals surface area contributed by atoms with Crippen LogP contribution in [0.4, 0.5) is 26.7 Å². The molecule has 46 heavy (non-hydrogen) atoms. The van der Waals surface area contributed by atoms with E-state index in [9.17, 15) is 19.5 Å². The zero-order chi connectivity index (χ0) is 32.8. The predicted octanol–water partition coefficient (Wildman–Crippen LogP) is 5.88. The summed E-state index contributed by atoms with van der Waals surface area (Å²) in [6.07, 6.45) is -0.485. The zero-order valence-corrected chi connectivity index (χ0v) is 26.3. The molecule has 0 fully saturated rings. The number of benzene rings is 4. The van der Waals surface area contributed by atoms with Gasteiger partial charge in [0.05, 0.1) is 37.6 Å². The van der Waals surface area contributed by atoms with Gasteiger partial charge < -0.3 is 40.3 Å². The van der Waals surface area contributed by atoms with Crippen molar-refractivity contribution in [1.29, 1.82) is 0 Å². The molecule has 0 spiro atoms. The molecule has 1 aliphatic rings. The van der Waals surface area contributed by atoms with E-state index in [0.29, 0.717) is 35.1 Å². The monoisotopic (exact) mass is 625 g/mol. The van der Waals surface area contributed by atoms with E-state index in [4.69, 9.17) is 9.47 Å². The number of carbonyl (C=O) groups is 3. The molecule has 11 heteroatoms. The lowest BCUT2D eigenvalue weighted by molar-refractivity contribution is 0.0371. The Morgan fingerprint density at radius 2 is 1.70 bits per heavy atom. The highest BCUT2D eigenvalue weighted by molar-refractivity contribution is 6.03. The third kappa shape index (κ3) is 7.32. The Balaban J connectivity index is 1.34. The second-order valence-corrected chi connectivity index (χ2v) is 11.5. The van der Waals surface area contributed by atoms with Crippen molar-refractivity contribution in [2.24, 2.45) is 5.92 Å². The van der Waals surface area contributed by atoms with Crippen molar-refractivity contribution in [3.8, 4) is 11.5 Å². The minimum absolute atomic E-state index is 0.188. The first-order valence-corrected chi connectivity index (χ1v) is 15.1. The van der Waals surface area contributed by atoms with Crippen LogP contribution in [0.1, 0.15) is 24.2 Å². The largest absolute Gasteiger partial charge is 0.497 e. The number of ether oxygens (including phenoxy) is 2. The third-order valence-electron chi connectivity index (χ3n) is 8.10. The van der Waals surface area contributed by atoms with E-state index < -0.39 is 18.2 Å². The Bertz CT molecular complexity index is 1710. The van der Waals surface area contributed by atoms with Gasteiger partial charge in [-0.3, -0.25) is 4.79 Å². The molecule has 4 aromatic rings. The maximum Gasteiger partial charge on any atom is 0.323 e. The topological polar surface area (TPSA) is 132 Å². The normalized spacial score (nSPS) is 16.7. The molecule has 0 radical (unpaired) electrons. The van der Waals surface area contributed by atoms with E-state index in [0.717, 1.165) is 10.8 Å². The fourth-order valence-electron chi connectivity index (χ4n) is 5.38. The van der Waals surface area contributed by atoms with Crippen molar-refractivity contribution in [1.82, 2.24) is 9.80 Å². The first-order chi connectivity index (χ1) is 22.2. The molecular weight excluding hydrogens is 586 g/mol. The number of rotatable bonds is 8. The van der Waals surface area contributed by atoms with Crippen LogP contribution in [0.2, 0.25) is 0 Å². The summed E-state index contributed by atoms with van der Waals surface area (Å²) < 4.78 is 11.6. The van der Waals surface area contributed by atoms with Crippen LogP contribution in [0.3, 0.4) is 0 Å². The Kier molecular flexibility index (Phi) is 9.92. The molecule has 5 rings (SSSR count). The lowest BCUT2D eigenvalue weighted by atomic mass is 9.99. The van der Waals surface area contributed by atoms with E-state index in [2.05, 4.69) is 16.0 Å². The lowest BCUT2D eigenvalue weighted by Gasteiger charge is -2.38. The van der Waals surface area contributed by atoms with E-state index in [-0.39, 0.29) is 36.6 Å². The minimum Gasteiger partial charge on any atom is -0.497 e. The summed E-state index contributed by atoms with van der Waals surface area (Å²) >= 11 is 0. The lowest BCUT2D eigenvalue weighted by Crippen LogP contribution is -2.50. The number of carbonyl (C=O) groups excluding carboxylic acids is 3. The fourth-order valence-corrected chi connectivity index (χ4v) is 5.38. The highest BCUT2D eigenvalue weighted by atomic mass is 16.5. The number of likely N-dealkylation sites (N-methyl/N-ethyl adjacent to an activating group) is 1. The zero-order valence-electron chi connectivity index (χ0n) is 26.3. The van der Waals surface area contributed by atoms with Gasteiger partial charge in [-0.25, -0.2) is 9.59 Å². The number of amides is 5. The summed E-state index contributed by atoms with van der Waals surface area (Å²) in [5.74, 6) is 0.466. The summed E-state index contributed by atoms with van der Waals surface area (Å²) in [6.45, 7) is 4.02. The number of hydrogen-bond donors (Lipinski definition) is 4. The molecule has 0 bridgehead atoms. The van der Waals surface area contributed by atoms with Crippen LogP contribution in [0, 0.1) is 5.92 Å². The smallest absolute Gasteiger partial charge is 0.323 e. The SMILES string of the molecule is COc1ccc(NC(=O)Nc2ccc3c(c2)C(=O)N([C@H](C)CO)C[C@@H](C)[C@H](CN(C)C(=O)Nc2cccc4ccccc24)O3)cc1. The van der Waals surface area contributed by atoms with Crippen LogP contribution in [0.15, 0.2) is 84.9 Å². The van der Waals surface area contributed by atoms with E-state index in [1.807, 2.05) is 49.4 Å². The van der Waals surface area contributed by atoms with Crippen molar-refractivity contribution < 1.29 is 29.0 Å². The average Bonchev–Trinajstić information content (AvgIpc) is 3.06. The summed E-state index contributed by atoms with van der Waals surface area (Å²) in [6, 6.07) is 24.1. The number of nitrogens with zero attached hydrogens (tertiary/aromatic N) is 2. The maximum absolute atomic E-state index is 13.8. The molecule has 3 atom stereocenters. The van der Waals surface area contributed by atoms with Gasteiger partial charge in [0, 0.05) is 36.3 Å². The van der Waals surface area contributed by atoms with Crippen molar-refractivity contribution in [2.75, 3.05) is 49.8 Å². The van der Waals surface area contributed by atoms with Gasteiger partial charge in [-0.2, -0.15) is 0 Å². The average molecular weight is 626 g/mol. The van der Waals surface area contributed by atoms with Gasteiger partial charge in [0.1, 0.15) is 17.6 Å². The number of anilines is 3. The number of urea groups is 2. The molecule has 5 amide bonds. The number of aliphatic hydroxyl groups is 1. The van der Waals surface area contributed by atoms with Crippen LogP contribution >= 0.6 is 0 Å². The van der Waals surface area contributed by atoms with Gasteiger partial charge >= 0.3 is 12.1 Å². The quantitative estimate of drug-likeness (QED) is 0.194.